The summed E-state index contributed by atoms with van der Waals surface area (Å²) in [5, 5.41) is 25.5. The van der Waals surface area contributed by atoms with Gasteiger partial charge in [0.05, 0.1) is 27.5 Å². The molecule has 9 rings (SSSR count). The van der Waals surface area contributed by atoms with E-state index < -0.39 is 11.9 Å². The molecule has 16 heteroatoms. The van der Waals surface area contributed by atoms with Crippen LogP contribution in [0.2, 0.25) is 5.02 Å². The molecule has 0 bridgehead atoms. The van der Waals surface area contributed by atoms with Crippen LogP contribution in [-0.2, 0) is 16.1 Å². The highest BCUT2D eigenvalue weighted by Crippen LogP contribution is 2.41. The lowest BCUT2D eigenvalue weighted by Crippen LogP contribution is -2.70. The van der Waals surface area contributed by atoms with E-state index in [4.69, 9.17) is 11.6 Å². The standard InChI is InChI=1S/C42H51ClN10O5/c1-41(2)24-48(21-26-11-13-49(14-12-26)28-8-7-27-22-51(39(57)30(27)19-28)33-9-10-35(54)45-38(33)56)15-17-53(41)40(58)50-16-18-52-34-20-32(29-5-4-6-31(43)36(29)55)46-47-37(34)44-23-42(52,3)25-50/h4-8,19-20,26,33,55H,9-18,21-25H2,1-3H3,(H,44,47)(H,45,54,56). The van der Waals surface area contributed by atoms with Crippen LogP contribution in [0.3, 0.4) is 0 Å². The first-order valence-corrected chi connectivity index (χ1v) is 20.8. The molecule has 7 heterocycles. The third kappa shape index (κ3) is 6.85. The maximum Gasteiger partial charge on any atom is 0.320 e. The predicted molar refractivity (Wildman–Crippen MR) is 220 cm³/mol. The van der Waals surface area contributed by atoms with Crippen molar-refractivity contribution in [2.75, 3.05) is 80.6 Å². The molecule has 6 aliphatic heterocycles. The molecular weight excluding hydrogens is 760 g/mol. The monoisotopic (exact) mass is 810 g/mol. The second-order valence-electron chi connectivity index (χ2n) is 17.7. The van der Waals surface area contributed by atoms with E-state index in [9.17, 15) is 24.3 Å². The lowest BCUT2D eigenvalue weighted by Gasteiger charge is -2.55. The molecule has 58 heavy (non-hydrogen) atoms. The van der Waals surface area contributed by atoms with Crippen molar-refractivity contribution in [2.45, 2.75) is 70.1 Å². The first-order valence-electron chi connectivity index (χ1n) is 20.5. The number of phenols is 1. The normalized spacial score (nSPS) is 24.9. The number of rotatable bonds is 5. The Hall–Kier alpha value is -5.15. The number of urea groups is 1. The number of halogens is 1. The average molecular weight is 811 g/mol. The molecule has 3 aromatic rings. The number of hydrogen-bond acceptors (Lipinski definition) is 11. The Morgan fingerprint density at radius 2 is 1.74 bits per heavy atom. The van der Waals surface area contributed by atoms with E-state index in [1.165, 1.54) is 0 Å². The number of piperidine rings is 2. The Morgan fingerprint density at radius 3 is 2.52 bits per heavy atom. The molecule has 0 radical (unpaired) electrons. The molecule has 3 N–H and O–H groups in total. The van der Waals surface area contributed by atoms with Crippen molar-refractivity contribution < 1.29 is 24.3 Å². The summed E-state index contributed by atoms with van der Waals surface area (Å²) < 4.78 is 0. The zero-order valence-corrected chi connectivity index (χ0v) is 34.1. The molecule has 2 aromatic carbocycles. The Morgan fingerprint density at radius 1 is 0.931 bits per heavy atom. The van der Waals surface area contributed by atoms with E-state index in [2.05, 4.69) is 67.3 Å². The van der Waals surface area contributed by atoms with Gasteiger partial charge in [-0.15, -0.1) is 10.2 Å². The molecule has 0 saturated carbocycles. The number of para-hydroxylation sites is 1. The van der Waals surface area contributed by atoms with Gasteiger partial charge in [0.2, 0.25) is 11.8 Å². The molecule has 4 fully saturated rings. The van der Waals surface area contributed by atoms with Crippen LogP contribution < -0.4 is 20.4 Å². The zero-order valence-electron chi connectivity index (χ0n) is 33.3. The van der Waals surface area contributed by atoms with E-state index in [0.717, 1.165) is 62.5 Å². The molecule has 2 unspecified atom stereocenters. The molecule has 306 valence electrons. The summed E-state index contributed by atoms with van der Waals surface area (Å²) in [7, 11) is 0. The van der Waals surface area contributed by atoms with Gasteiger partial charge in [0.1, 0.15) is 11.8 Å². The average Bonchev–Trinajstić information content (AvgIpc) is 3.52. The molecule has 1 aromatic heterocycles. The van der Waals surface area contributed by atoms with Crippen LogP contribution in [0.5, 0.6) is 5.75 Å². The molecular formula is C42H51ClN10O5. The van der Waals surface area contributed by atoms with Crippen molar-refractivity contribution in [3.05, 3.63) is 58.6 Å². The van der Waals surface area contributed by atoms with Crippen molar-refractivity contribution in [3.63, 3.8) is 0 Å². The number of carbonyl (C=O) groups is 4. The topological polar surface area (TPSA) is 158 Å². The van der Waals surface area contributed by atoms with Crippen LogP contribution in [-0.4, -0.2) is 141 Å². The summed E-state index contributed by atoms with van der Waals surface area (Å²) in [6.45, 7) is 14.4. The number of anilines is 3. The number of aromatic nitrogens is 2. The summed E-state index contributed by atoms with van der Waals surface area (Å²) in [6, 6.07) is 12.7. The van der Waals surface area contributed by atoms with Gasteiger partial charge in [-0.2, -0.15) is 0 Å². The minimum atomic E-state index is -0.612. The van der Waals surface area contributed by atoms with Crippen molar-refractivity contribution in [2.24, 2.45) is 5.92 Å². The van der Waals surface area contributed by atoms with Gasteiger partial charge in [-0.05, 0) is 81.8 Å². The summed E-state index contributed by atoms with van der Waals surface area (Å²) in [6.07, 6.45) is 2.69. The van der Waals surface area contributed by atoms with Crippen molar-refractivity contribution in [1.82, 2.24) is 35.1 Å². The van der Waals surface area contributed by atoms with Gasteiger partial charge in [-0.3, -0.25) is 24.6 Å². The maximum atomic E-state index is 14.3. The van der Waals surface area contributed by atoms with Crippen LogP contribution >= 0.6 is 11.6 Å². The largest absolute Gasteiger partial charge is 0.506 e. The molecule has 0 spiro atoms. The number of amides is 5. The number of nitrogens with one attached hydrogen (secondary N) is 2. The van der Waals surface area contributed by atoms with Gasteiger partial charge in [0.25, 0.3) is 5.91 Å². The number of hydrogen-bond donors (Lipinski definition) is 3. The van der Waals surface area contributed by atoms with Crippen molar-refractivity contribution >= 4 is 52.5 Å². The second kappa shape index (κ2) is 14.6. The smallest absolute Gasteiger partial charge is 0.320 e. The lowest BCUT2D eigenvalue weighted by atomic mass is 9.92. The van der Waals surface area contributed by atoms with E-state index in [-0.39, 0.29) is 46.1 Å². The van der Waals surface area contributed by atoms with Crippen LogP contribution in [0.25, 0.3) is 11.3 Å². The van der Waals surface area contributed by atoms with Gasteiger partial charge in [-0.1, -0.05) is 23.7 Å². The number of carbonyl (C=O) groups excluding carboxylic acids is 4. The number of benzene rings is 2. The third-order valence-corrected chi connectivity index (χ3v) is 13.5. The van der Waals surface area contributed by atoms with Crippen molar-refractivity contribution in [1.29, 1.82) is 0 Å². The minimum absolute atomic E-state index is 0.0252. The summed E-state index contributed by atoms with van der Waals surface area (Å²) in [5.74, 6) is 0.382. The number of fused-ring (bicyclic) bond motifs is 4. The molecule has 4 saturated heterocycles. The van der Waals surface area contributed by atoms with E-state index in [1.807, 2.05) is 23.1 Å². The quantitative estimate of drug-likeness (QED) is 0.320. The Labute approximate surface area is 343 Å². The highest BCUT2D eigenvalue weighted by Gasteiger charge is 2.47. The molecule has 15 nitrogen and oxygen atoms in total. The SMILES string of the molecule is CC1(C)CN(CC2CCN(c3ccc4c(c3)C(=O)N(C3CCC(=O)NC3=O)C4)CC2)CCN1C(=O)N1CCN2c3cc(-c4cccc(Cl)c4O)nnc3NCC2(C)C1. The van der Waals surface area contributed by atoms with Gasteiger partial charge >= 0.3 is 6.03 Å². The van der Waals surface area contributed by atoms with Crippen LogP contribution in [0.4, 0.5) is 22.0 Å². The number of imide groups is 1. The van der Waals surface area contributed by atoms with Crippen LogP contribution in [0.15, 0.2) is 42.5 Å². The number of aromatic hydroxyl groups is 1. The highest BCUT2D eigenvalue weighted by molar-refractivity contribution is 6.32. The van der Waals surface area contributed by atoms with Gasteiger partial charge in [0.15, 0.2) is 5.82 Å². The summed E-state index contributed by atoms with van der Waals surface area (Å²) in [4.78, 5) is 64.7. The van der Waals surface area contributed by atoms with E-state index in [0.29, 0.717) is 74.2 Å². The number of phenolic OH excluding ortho intramolecular Hbond substituents is 1. The minimum Gasteiger partial charge on any atom is -0.506 e. The summed E-state index contributed by atoms with van der Waals surface area (Å²) in [5.41, 5.74) is 3.84. The highest BCUT2D eigenvalue weighted by atomic mass is 35.5. The summed E-state index contributed by atoms with van der Waals surface area (Å²) >= 11 is 6.20. The molecule has 6 aliphatic rings. The van der Waals surface area contributed by atoms with Crippen LogP contribution in [0.1, 0.15) is 62.4 Å². The lowest BCUT2D eigenvalue weighted by molar-refractivity contribution is -0.136. The predicted octanol–water partition coefficient (Wildman–Crippen LogP) is 4.00. The van der Waals surface area contributed by atoms with E-state index >= 15 is 0 Å². The van der Waals surface area contributed by atoms with Gasteiger partial charge in [-0.25, -0.2) is 4.79 Å². The fourth-order valence-electron chi connectivity index (χ4n) is 10.0. The fourth-order valence-corrected chi connectivity index (χ4v) is 10.2. The maximum absolute atomic E-state index is 14.3. The molecule has 5 amide bonds. The van der Waals surface area contributed by atoms with Gasteiger partial charge < -0.3 is 34.9 Å². The van der Waals surface area contributed by atoms with E-state index in [1.54, 1.807) is 23.1 Å². The first-order chi connectivity index (χ1) is 27.8. The first kappa shape index (κ1) is 38.4. The Kier molecular flexibility index (Phi) is 9.65. The zero-order chi connectivity index (χ0) is 40.5. The van der Waals surface area contributed by atoms with Gasteiger partial charge in [0, 0.05) is 95.2 Å². The number of piperazine rings is 2. The Balaban J connectivity index is 0.783. The number of nitrogens with zero attached hydrogens (tertiary/aromatic N) is 8. The Bertz CT molecular complexity index is 2180. The van der Waals surface area contributed by atoms with Crippen LogP contribution in [0, 0.1) is 5.92 Å². The second-order valence-corrected chi connectivity index (χ2v) is 18.1. The molecule has 2 atom stereocenters. The molecule has 0 aliphatic carbocycles. The third-order valence-electron chi connectivity index (χ3n) is 13.2. The van der Waals surface area contributed by atoms with Crippen molar-refractivity contribution in [3.8, 4) is 17.0 Å². The fraction of sp³-hybridized carbons (Fsp3) is 0.524.